The third kappa shape index (κ3) is 5.73. The second-order valence-corrected chi connectivity index (χ2v) is 7.52. The van der Waals surface area contributed by atoms with Crippen LogP contribution in [0.3, 0.4) is 0 Å². The van der Waals surface area contributed by atoms with E-state index in [1.807, 2.05) is 69.3 Å². The fourth-order valence-electron chi connectivity index (χ4n) is 2.91. The molecule has 0 saturated heterocycles. The van der Waals surface area contributed by atoms with Crippen LogP contribution in [0.1, 0.15) is 30.7 Å². The van der Waals surface area contributed by atoms with Gasteiger partial charge in [0.25, 0.3) is 0 Å². The average molecular weight is 405 g/mol. The van der Waals surface area contributed by atoms with Gasteiger partial charge in [-0.25, -0.2) is 4.79 Å². The molecule has 1 heterocycles. The van der Waals surface area contributed by atoms with E-state index < -0.39 is 0 Å². The Morgan fingerprint density at radius 1 is 0.967 bits per heavy atom. The summed E-state index contributed by atoms with van der Waals surface area (Å²) in [4.78, 5) is 26.8. The van der Waals surface area contributed by atoms with Crippen LogP contribution in [0.25, 0.3) is 0 Å². The van der Waals surface area contributed by atoms with E-state index in [1.165, 1.54) is 0 Å². The molecule has 0 saturated carbocycles. The summed E-state index contributed by atoms with van der Waals surface area (Å²) in [6, 6.07) is 18.7. The molecule has 0 aliphatic rings. The first kappa shape index (κ1) is 21.2. The smallest absolute Gasteiger partial charge is 0.322 e. The van der Waals surface area contributed by atoms with E-state index in [9.17, 15) is 9.59 Å². The van der Waals surface area contributed by atoms with Gasteiger partial charge in [0.1, 0.15) is 5.76 Å². The van der Waals surface area contributed by atoms with Gasteiger partial charge in [0.15, 0.2) is 0 Å². The Morgan fingerprint density at radius 3 is 2.40 bits per heavy atom. The molecule has 0 aliphatic heterocycles. The molecule has 0 aliphatic carbocycles. The quantitative estimate of drug-likeness (QED) is 0.551. The molecule has 0 unspecified atom stereocenters. The summed E-state index contributed by atoms with van der Waals surface area (Å²) in [5, 5.41) is 5.85. The van der Waals surface area contributed by atoms with Crippen LogP contribution in [0.4, 0.5) is 16.2 Å². The normalized spacial score (nSPS) is 10.7. The van der Waals surface area contributed by atoms with Crippen molar-refractivity contribution in [2.24, 2.45) is 5.92 Å². The number of rotatable bonds is 7. The van der Waals surface area contributed by atoms with Crippen molar-refractivity contribution in [1.82, 2.24) is 4.90 Å². The van der Waals surface area contributed by atoms with Crippen molar-refractivity contribution < 1.29 is 14.0 Å². The number of anilines is 2. The Kier molecular flexibility index (Phi) is 6.91. The van der Waals surface area contributed by atoms with Crippen LogP contribution in [-0.4, -0.2) is 16.8 Å². The third-order valence-electron chi connectivity index (χ3n) is 4.70. The van der Waals surface area contributed by atoms with E-state index in [0.717, 1.165) is 11.1 Å². The monoisotopic (exact) mass is 405 g/mol. The molecule has 6 heteroatoms. The van der Waals surface area contributed by atoms with E-state index in [-0.39, 0.29) is 17.9 Å². The number of carbonyl (C=O) groups is 2. The molecule has 1 aromatic heterocycles. The number of urea groups is 1. The van der Waals surface area contributed by atoms with Crippen molar-refractivity contribution >= 4 is 23.3 Å². The topological polar surface area (TPSA) is 74.6 Å². The minimum atomic E-state index is -0.245. The first-order valence-electron chi connectivity index (χ1n) is 9.96. The SMILES string of the molecule is Cc1ccc(NC(=O)C(C)C)cc1NC(=O)N(Cc1ccccc1)Cc1ccco1. The summed E-state index contributed by atoms with van der Waals surface area (Å²) in [7, 11) is 0. The minimum Gasteiger partial charge on any atom is -0.467 e. The zero-order valence-electron chi connectivity index (χ0n) is 17.5. The molecule has 0 bridgehead atoms. The van der Waals surface area contributed by atoms with E-state index in [2.05, 4.69) is 10.6 Å². The van der Waals surface area contributed by atoms with Gasteiger partial charge in [-0.05, 0) is 42.3 Å². The van der Waals surface area contributed by atoms with Gasteiger partial charge in [0.05, 0.1) is 12.8 Å². The predicted octanol–water partition coefficient (Wildman–Crippen LogP) is 5.42. The zero-order chi connectivity index (χ0) is 21.5. The molecule has 0 fully saturated rings. The summed E-state index contributed by atoms with van der Waals surface area (Å²) in [5.74, 6) is 0.509. The Bertz CT molecular complexity index is 982. The summed E-state index contributed by atoms with van der Waals surface area (Å²) in [6.07, 6.45) is 1.60. The molecule has 0 spiro atoms. The van der Waals surface area contributed by atoms with Gasteiger partial charge < -0.3 is 20.0 Å². The molecule has 2 aromatic carbocycles. The lowest BCUT2D eigenvalue weighted by Gasteiger charge is -2.23. The number of nitrogens with zero attached hydrogens (tertiary/aromatic N) is 1. The maximum Gasteiger partial charge on any atom is 0.322 e. The molecule has 0 atom stereocenters. The fourth-order valence-corrected chi connectivity index (χ4v) is 2.91. The standard InChI is InChI=1S/C24H27N3O3/c1-17(2)23(28)25-20-12-11-18(3)22(14-20)26-24(29)27(16-21-10-7-13-30-21)15-19-8-5-4-6-9-19/h4-14,17H,15-16H2,1-3H3,(H,25,28)(H,26,29). The Hall–Kier alpha value is -3.54. The summed E-state index contributed by atoms with van der Waals surface area (Å²) in [5.41, 5.74) is 3.23. The maximum atomic E-state index is 13.1. The van der Waals surface area contributed by atoms with Crippen LogP contribution in [0.5, 0.6) is 0 Å². The van der Waals surface area contributed by atoms with Gasteiger partial charge >= 0.3 is 6.03 Å². The van der Waals surface area contributed by atoms with Crippen LogP contribution >= 0.6 is 0 Å². The van der Waals surface area contributed by atoms with Crippen LogP contribution < -0.4 is 10.6 Å². The number of benzene rings is 2. The molecule has 2 N–H and O–H groups in total. The highest BCUT2D eigenvalue weighted by Crippen LogP contribution is 2.22. The van der Waals surface area contributed by atoms with E-state index in [1.54, 1.807) is 23.3 Å². The Morgan fingerprint density at radius 2 is 1.73 bits per heavy atom. The zero-order valence-corrected chi connectivity index (χ0v) is 17.5. The number of nitrogens with one attached hydrogen (secondary N) is 2. The van der Waals surface area contributed by atoms with Crippen molar-refractivity contribution in [1.29, 1.82) is 0 Å². The average Bonchev–Trinajstić information content (AvgIpc) is 3.24. The number of carbonyl (C=O) groups excluding carboxylic acids is 2. The van der Waals surface area contributed by atoms with Crippen molar-refractivity contribution in [2.75, 3.05) is 10.6 Å². The van der Waals surface area contributed by atoms with E-state index >= 15 is 0 Å². The first-order valence-corrected chi connectivity index (χ1v) is 9.96. The number of aryl methyl sites for hydroxylation is 1. The minimum absolute atomic E-state index is 0.0698. The molecular formula is C24H27N3O3. The van der Waals surface area contributed by atoms with E-state index in [4.69, 9.17) is 4.42 Å². The highest BCUT2D eigenvalue weighted by Gasteiger charge is 2.17. The number of hydrogen-bond donors (Lipinski definition) is 2. The molecule has 3 amide bonds. The van der Waals surface area contributed by atoms with Crippen molar-refractivity contribution in [3.63, 3.8) is 0 Å². The van der Waals surface area contributed by atoms with Gasteiger partial charge in [-0.3, -0.25) is 4.79 Å². The number of hydrogen-bond acceptors (Lipinski definition) is 3. The van der Waals surface area contributed by atoms with Crippen molar-refractivity contribution in [2.45, 2.75) is 33.9 Å². The lowest BCUT2D eigenvalue weighted by atomic mass is 10.1. The van der Waals surface area contributed by atoms with Crippen molar-refractivity contribution in [3.05, 3.63) is 83.8 Å². The van der Waals surface area contributed by atoms with Crippen LogP contribution in [0.15, 0.2) is 71.3 Å². The summed E-state index contributed by atoms with van der Waals surface area (Å²) < 4.78 is 5.44. The molecule has 3 rings (SSSR count). The van der Waals surface area contributed by atoms with Gasteiger partial charge in [-0.1, -0.05) is 50.2 Å². The van der Waals surface area contributed by atoms with Crippen LogP contribution in [0.2, 0.25) is 0 Å². The lowest BCUT2D eigenvalue weighted by molar-refractivity contribution is -0.118. The molecule has 156 valence electrons. The molecule has 3 aromatic rings. The number of amides is 3. The second-order valence-electron chi connectivity index (χ2n) is 7.52. The van der Waals surface area contributed by atoms with Crippen LogP contribution in [0, 0.1) is 12.8 Å². The molecule has 30 heavy (non-hydrogen) atoms. The van der Waals surface area contributed by atoms with Crippen molar-refractivity contribution in [3.8, 4) is 0 Å². The van der Waals surface area contributed by atoms with Crippen LogP contribution in [-0.2, 0) is 17.9 Å². The van der Waals surface area contributed by atoms with Gasteiger partial charge in [0, 0.05) is 23.8 Å². The molecule has 0 radical (unpaired) electrons. The molecular weight excluding hydrogens is 378 g/mol. The van der Waals surface area contributed by atoms with Gasteiger partial charge in [-0.15, -0.1) is 0 Å². The Labute approximate surface area is 176 Å². The third-order valence-corrected chi connectivity index (χ3v) is 4.70. The lowest BCUT2D eigenvalue weighted by Crippen LogP contribution is -2.34. The number of furan rings is 1. The van der Waals surface area contributed by atoms with Gasteiger partial charge in [-0.2, -0.15) is 0 Å². The largest absolute Gasteiger partial charge is 0.467 e. The Balaban J connectivity index is 1.78. The first-order chi connectivity index (χ1) is 14.4. The molecule has 6 nitrogen and oxygen atoms in total. The maximum absolute atomic E-state index is 13.1. The fraction of sp³-hybridized carbons (Fsp3) is 0.250. The predicted molar refractivity (Wildman–Crippen MR) is 118 cm³/mol. The summed E-state index contributed by atoms with van der Waals surface area (Å²) >= 11 is 0. The highest BCUT2D eigenvalue weighted by atomic mass is 16.3. The highest BCUT2D eigenvalue weighted by molar-refractivity contribution is 5.94. The van der Waals surface area contributed by atoms with Gasteiger partial charge in [0.2, 0.25) is 5.91 Å². The summed E-state index contributed by atoms with van der Waals surface area (Å²) in [6.45, 7) is 6.37. The second kappa shape index (κ2) is 9.78. The van der Waals surface area contributed by atoms with E-state index in [0.29, 0.717) is 30.2 Å².